The van der Waals surface area contributed by atoms with E-state index < -0.39 is 17.5 Å². The number of halogens is 3. The van der Waals surface area contributed by atoms with Crippen LogP contribution in [0, 0.1) is 5.41 Å². The molecule has 0 rings (SSSR count). The van der Waals surface area contributed by atoms with Crippen LogP contribution in [0.3, 0.4) is 0 Å². The van der Waals surface area contributed by atoms with Gasteiger partial charge in [-0.15, -0.1) is 0 Å². The van der Waals surface area contributed by atoms with E-state index in [0.29, 0.717) is 0 Å². The van der Waals surface area contributed by atoms with Gasteiger partial charge >= 0.3 is 12.1 Å². The fourth-order valence-corrected chi connectivity index (χ4v) is 0.862. The van der Waals surface area contributed by atoms with Crippen molar-refractivity contribution in [3.8, 4) is 0 Å². The number of hydrogen-bond donors (Lipinski definition) is 1. The number of ether oxygens (including phenoxy) is 1. The van der Waals surface area contributed by atoms with E-state index in [1.54, 1.807) is 19.2 Å². The molecule has 0 aromatic rings. The van der Waals surface area contributed by atoms with Crippen molar-refractivity contribution < 1.29 is 22.7 Å². The van der Waals surface area contributed by atoms with Crippen LogP contribution in [-0.2, 0) is 9.53 Å². The second-order valence-corrected chi connectivity index (χ2v) is 3.78. The maximum atomic E-state index is 11.8. The Kier molecular flexibility index (Phi) is 4.38. The highest BCUT2D eigenvalue weighted by Gasteiger charge is 2.39. The van der Waals surface area contributed by atoms with Gasteiger partial charge in [0.05, 0.1) is 6.61 Å². The highest BCUT2D eigenvalue weighted by Crippen LogP contribution is 2.17. The highest BCUT2D eigenvalue weighted by molar-refractivity contribution is 5.81. The third-order valence-corrected chi connectivity index (χ3v) is 1.52. The van der Waals surface area contributed by atoms with Gasteiger partial charge in [-0.25, -0.2) is 0 Å². The molecule has 0 heterocycles. The van der Waals surface area contributed by atoms with Crippen molar-refractivity contribution in [3.63, 3.8) is 0 Å². The number of carbonyl (C=O) groups is 1. The Morgan fingerprint density at radius 3 is 2.21 bits per heavy atom. The summed E-state index contributed by atoms with van der Waals surface area (Å²) in [4.78, 5) is 10.4. The number of amides is 1. The van der Waals surface area contributed by atoms with Crippen molar-refractivity contribution in [1.29, 1.82) is 0 Å². The second-order valence-electron chi connectivity index (χ2n) is 3.78. The second kappa shape index (κ2) is 4.63. The minimum Gasteiger partial charge on any atom is -0.384 e. The van der Waals surface area contributed by atoms with Crippen LogP contribution in [0.25, 0.3) is 0 Å². The molecule has 14 heavy (non-hydrogen) atoms. The Hall–Kier alpha value is -0.780. The van der Waals surface area contributed by atoms with Gasteiger partial charge in [0.25, 0.3) is 0 Å². The van der Waals surface area contributed by atoms with E-state index in [1.165, 1.54) is 7.11 Å². The summed E-state index contributed by atoms with van der Waals surface area (Å²) in [6.07, 6.45) is -4.82. The number of carbonyl (C=O) groups excluding carboxylic acids is 1. The summed E-state index contributed by atoms with van der Waals surface area (Å²) in [6, 6.07) is 0. The summed E-state index contributed by atoms with van der Waals surface area (Å²) < 4.78 is 40.1. The summed E-state index contributed by atoms with van der Waals surface area (Å²) in [5.41, 5.74) is -0.504. The third kappa shape index (κ3) is 5.06. The Morgan fingerprint density at radius 1 is 1.36 bits per heavy atom. The molecular weight excluding hydrogens is 199 g/mol. The number of alkyl halides is 3. The molecule has 0 fully saturated rings. The number of rotatable bonds is 4. The molecule has 6 heteroatoms. The van der Waals surface area contributed by atoms with Crippen LogP contribution in [-0.4, -0.2) is 32.3 Å². The first kappa shape index (κ1) is 13.2. The van der Waals surface area contributed by atoms with Crippen molar-refractivity contribution in [1.82, 2.24) is 5.32 Å². The molecule has 0 aromatic heterocycles. The van der Waals surface area contributed by atoms with Gasteiger partial charge in [-0.3, -0.25) is 4.79 Å². The van der Waals surface area contributed by atoms with E-state index in [0.717, 1.165) is 0 Å². The molecular formula is C8H14F3NO2. The summed E-state index contributed by atoms with van der Waals surface area (Å²) in [7, 11) is 1.45. The van der Waals surface area contributed by atoms with Crippen molar-refractivity contribution in [2.24, 2.45) is 5.41 Å². The van der Waals surface area contributed by atoms with Gasteiger partial charge in [0.2, 0.25) is 0 Å². The molecule has 0 saturated heterocycles. The lowest BCUT2D eigenvalue weighted by molar-refractivity contribution is -0.174. The molecule has 0 aliphatic heterocycles. The topological polar surface area (TPSA) is 38.3 Å². The predicted octanol–water partition coefficient (Wildman–Crippen LogP) is 1.34. The van der Waals surface area contributed by atoms with E-state index in [2.05, 4.69) is 0 Å². The van der Waals surface area contributed by atoms with Crippen LogP contribution >= 0.6 is 0 Å². The first-order chi connectivity index (χ1) is 6.19. The van der Waals surface area contributed by atoms with Crippen LogP contribution in [0.15, 0.2) is 0 Å². The molecule has 0 radical (unpaired) electrons. The van der Waals surface area contributed by atoms with E-state index in [9.17, 15) is 18.0 Å². The molecule has 0 aliphatic carbocycles. The van der Waals surface area contributed by atoms with Gasteiger partial charge in [-0.05, 0) is 0 Å². The highest BCUT2D eigenvalue weighted by atomic mass is 19.4. The predicted molar refractivity (Wildman–Crippen MR) is 44.7 cm³/mol. The molecule has 0 atom stereocenters. The first-order valence-corrected chi connectivity index (χ1v) is 4.03. The third-order valence-electron chi connectivity index (χ3n) is 1.52. The Morgan fingerprint density at radius 2 is 1.86 bits per heavy atom. The molecule has 0 saturated carbocycles. The van der Waals surface area contributed by atoms with Crippen LogP contribution in [0.2, 0.25) is 0 Å². The average molecular weight is 213 g/mol. The van der Waals surface area contributed by atoms with Gasteiger partial charge < -0.3 is 10.1 Å². The lowest BCUT2D eigenvalue weighted by atomic mass is 9.95. The Bertz CT molecular complexity index is 201. The monoisotopic (exact) mass is 213 g/mol. The van der Waals surface area contributed by atoms with Gasteiger partial charge in [0.15, 0.2) is 0 Å². The summed E-state index contributed by atoms with van der Waals surface area (Å²) in [5.74, 6) is -1.92. The maximum absolute atomic E-state index is 11.8. The number of methoxy groups -OCH3 is 1. The summed E-state index contributed by atoms with van der Waals surface area (Å²) in [5, 5.41) is 1.80. The van der Waals surface area contributed by atoms with Crippen LogP contribution < -0.4 is 5.32 Å². The van der Waals surface area contributed by atoms with Crippen molar-refractivity contribution in [2.75, 3.05) is 20.3 Å². The van der Waals surface area contributed by atoms with Crippen molar-refractivity contribution in [3.05, 3.63) is 0 Å². The number of nitrogens with one attached hydrogen (secondary N) is 1. The van der Waals surface area contributed by atoms with E-state index in [1.807, 2.05) is 0 Å². The Balaban J connectivity index is 4.00. The SMILES string of the molecule is COCC(C)(C)CNC(=O)C(F)(F)F. The molecule has 0 aliphatic rings. The summed E-state index contributed by atoms with van der Waals surface area (Å²) >= 11 is 0. The molecule has 0 aromatic carbocycles. The van der Waals surface area contributed by atoms with Gasteiger partial charge in [-0.1, -0.05) is 13.8 Å². The van der Waals surface area contributed by atoms with Gasteiger partial charge in [0.1, 0.15) is 0 Å². The molecule has 0 unspecified atom stereocenters. The standard InChI is InChI=1S/C8H14F3NO2/c1-7(2,5-14-3)4-12-6(13)8(9,10)11/h4-5H2,1-3H3,(H,12,13). The molecule has 84 valence electrons. The quantitative estimate of drug-likeness (QED) is 0.765. The molecule has 0 spiro atoms. The lowest BCUT2D eigenvalue weighted by Gasteiger charge is -2.23. The fourth-order valence-electron chi connectivity index (χ4n) is 0.862. The zero-order valence-electron chi connectivity index (χ0n) is 8.36. The van der Waals surface area contributed by atoms with Gasteiger partial charge in [-0.2, -0.15) is 13.2 Å². The molecule has 0 bridgehead atoms. The number of hydrogen-bond acceptors (Lipinski definition) is 2. The zero-order valence-corrected chi connectivity index (χ0v) is 8.36. The van der Waals surface area contributed by atoms with Crippen LogP contribution in [0.4, 0.5) is 13.2 Å². The fraction of sp³-hybridized carbons (Fsp3) is 0.875. The minimum absolute atomic E-state index is 0.0703. The van der Waals surface area contributed by atoms with Crippen LogP contribution in [0.1, 0.15) is 13.8 Å². The van der Waals surface area contributed by atoms with E-state index >= 15 is 0 Å². The lowest BCUT2D eigenvalue weighted by Crippen LogP contribution is -2.42. The first-order valence-electron chi connectivity index (χ1n) is 4.03. The van der Waals surface area contributed by atoms with Crippen molar-refractivity contribution >= 4 is 5.91 Å². The summed E-state index contributed by atoms with van der Waals surface area (Å²) in [6.45, 7) is 3.62. The van der Waals surface area contributed by atoms with Gasteiger partial charge in [0, 0.05) is 19.1 Å². The normalized spacial score (nSPS) is 12.7. The van der Waals surface area contributed by atoms with Crippen molar-refractivity contribution in [2.45, 2.75) is 20.0 Å². The largest absolute Gasteiger partial charge is 0.471 e. The molecule has 1 amide bonds. The van der Waals surface area contributed by atoms with E-state index in [4.69, 9.17) is 4.74 Å². The Labute approximate surface area is 80.6 Å². The van der Waals surface area contributed by atoms with E-state index in [-0.39, 0.29) is 13.2 Å². The smallest absolute Gasteiger partial charge is 0.384 e. The maximum Gasteiger partial charge on any atom is 0.471 e. The average Bonchev–Trinajstić information content (AvgIpc) is 1.98. The molecule has 1 N–H and O–H groups in total. The van der Waals surface area contributed by atoms with Crippen LogP contribution in [0.5, 0.6) is 0 Å². The minimum atomic E-state index is -4.82. The molecule has 3 nitrogen and oxygen atoms in total. The zero-order chi connectivity index (χ0) is 11.4.